The van der Waals surface area contributed by atoms with E-state index in [0.29, 0.717) is 28.6 Å². The van der Waals surface area contributed by atoms with Crippen molar-refractivity contribution in [3.05, 3.63) is 75.8 Å². The Morgan fingerprint density at radius 1 is 0.935 bits per heavy atom. The molecule has 0 saturated carbocycles. The summed E-state index contributed by atoms with van der Waals surface area (Å²) in [5.74, 6) is -0.660. The van der Waals surface area contributed by atoms with Gasteiger partial charge in [-0.3, -0.25) is 25.3 Å². The van der Waals surface area contributed by atoms with E-state index < -0.39 is 5.91 Å². The summed E-state index contributed by atoms with van der Waals surface area (Å²) in [6, 6.07) is 15.4. The topological polar surface area (TPSA) is 64.7 Å². The quantitative estimate of drug-likeness (QED) is 0.491. The Morgan fingerprint density at radius 2 is 1.65 bits per heavy atom. The van der Waals surface area contributed by atoms with Crippen LogP contribution in [0.5, 0.6) is 0 Å². The van der Waals surface area contributed by atoms with E-state index in [1.807, 2.05) is 6.07 Å². The van der Waals surface area contributed by atoms with Crippen molar-refractivity contribution in [3.63, 3.8) is 0 Å². The minimum absolute atomic E-state index is 0.224. The van der Waals surface area contributed by atoms with Gasteiger partial charge in [0.2, 0.25) is 5.91 Å². The van der Waals surface area contributed by atoms with Crippen molar-refractivity contribution in [2.45, 2.75) is 13.0 Å². The zero-order chi connectivity index (χ0) is 22.1. The number of hydrazine groups is 1. The fraction of sp³-hybridized carbons (Fsp3) is 0.304. The Hall–Kier alpha value is -2.38. The maximum Gasteiger partial charge on any atom is 0.262 e. The number of nitrogens with zero attached hydrogens (tertiary/aromatic N) is 2. The van der Waals surface area contributed by atoms with E-state index in [-0.39, 0.29) is 5.91 Å². The summed E-state index contributed by atoms with van der Waals surface area (Å²) in [7, 11) is 0. The lowest BCUT2D eigenvalue weighted by Gasteiger charge is -2.34. The number of hydrogen-bond acceptors (Lipinski definition) is 4. The van der Waals surface area contributed by atoms with Crippen LogP contribution in [-0.2, 0) is 16.1 Å². The molecular formula is C23H26Cl2N4O2. The van der Waals surface area contributed by atoms with Crippen LogP contribution >= 0.6 is 23.2 Å². The van der Waals surface area contributed by atoms with Crippen molar-refractivity contribution < 1.29 is 9.59 Å². The van der Waals surface area contributed by atoms with E-state index in [9.17, 15) is 9.59 Å². The Labute approximate surface area is 192 Å². The minimum atomic E-state index is -0.436. The molecule has 6 nitrogen and oxygen atoms in total. The third-order valence-corrected chi connectivity index (χ3v) is 5.63. The molecule has 2 amide bonds. The number of piperazine rings is 1. The number of rotatable bonds is 7. The highest BCUT2D eigenvalue weighted by Gasteiger charge is 2.17. The van der Waals surface area contributed by atoms with Crippen molar-refractivity contribution in [1.29, 1.82) is 0 Å². The molecule has 1 heterocycles. The van der Waals surface area contributed by atoms with Crippen LogP contribution in [0.1, 0.15) is 17.5 Å². The number of halogens is 2. The molecule has 2 aromatic carbocycles. The number of nitrogens with one attached hydrogen (secondary N) is 2. The highest BCUT2D eigenvalue weighted by atomic mass is 35.5. The molecule has 0 atom stereocenters. The number of benzene rings is 2. The summed E-state index contributed by atoms with van der Waals surface area (Å²) in [5.41, 5.74) is 6.81. The summed E-state index contributed by atoms with van der Waals surface area (Å²) >= 11 is 11.9. The fourth-order valence-corrected chi connectivity index (χ4v) is 3.78. The van der Waals surface area contributed by atoms with Crippen LogP contribution in [0.3, 0.4) is 0 Å². The molecular weight excluding hydrogens is 435 g/mol. The average molecular weight is 461 g/mol. The lowest BCUT2D eigenvalue weighted by Crippen LogP contribution is -2.47. The first kappa shape index (κ1) is 23.3. The predicted molar refractivity (Wildman–Crippen MR) is 125 cm³/mol. The van der Waals surface area contributed by atoms with Gasteiger partial charge in [-0.25, -0.2) is 0 Å². The molecule has 0 radical (unpaired) electrons. The SMILES string of the molecule is O=C(/C=C/c1ccc(Cl)cc1Cl)NNC(=O)CCN1CCN(Cc2ccccc2)CC1. The van der Waals surface area contributed by atoms with Crippen molar-refractivity contribution in [1.82, 2.24) is 20.7 Å². The molecule has 0 aromatic heterocycles. The van der Waals surface area contributed by atoms with Gasteiger partial charge in [-0.2, -0.15) is 0 Å². The molecule has 1 aliphatic rings. The number of hydrogen-bond donors (Lipinski definition) is 2. The predicted octanol–water partition coefficient (Wildman–Crippen LogP) is 3.36. The lowest BCUT2D eigenvalue weighted by atomic mass is 10.2. The maximum absolute atomic E-state index is 12.0. The molecule has 0 bridgehead atoms. The van der Waals surface area contributed by atoms with E-state index in [0.717, 1.165) is 32.7 Å². The standard InChI is InChI=1S/C23H26Cl2N4O2/c24-20-8-6-19(21(25)16-20)7-9-22(30)26-27-23(31)10-11-28-12-14-29(15-13-28)17-18-4-2-1-3-5-18/h1-9,16H,10-15,17H2,(H,26,30)(H,27,31)/b9-7+. The highest BCUT2D eigenvalue weighted by Crippen LogP contribution is 2.21. The molecule has 2 aromatic rings. The maximum atomic E-state index is 12.0. The summed E-state index contributed by atoms with van der Waals surface area (Å²) in [6.07, 6.45) is 3.20. The second-order valence-corrected chi connectivity index (χ2v) is 8.23. The van der Waals surface area contributed by atoms with E-state index in [2.05, 4.69) is 44.9 Å². The zero-order valence-electron chi connectivity index (χ0n) is 17.2. The Morgan fingerprint density at radius 3 is 2.35 bits per heavy atom. The van der Waals surface area contributed by atoms with E-state index >= 15 is 0 Å². The smallest absolute Gasteiger partial charge is 0.262 e. The average Bonchev–Trinajstić information content (AvgIpc) is 2.77. The van der Waals surface area contributed by atoms with Gasteiger partial charge in [0, 0.05) is 61.8 Å². The molecule has 2 N–H and O–H groups in total. The van der Waals surface area contributed by atoms with Crippen molar-refractivity contribution >= 4 is 41.1 Å². The van der Waals surface area contributed by atoms with Gasteiger partial charge in [-0.1, -0.05) is 59.6 Å². The molecule has 0 spiro atoms. The second-order valence-electron chi connectivity index (χ2n) is 7.39. The second kappa shape index (κ2) is 11.9. The van der Waals surface area contributed by atoms with Gasteiger partial charge in [0.1, 0.15) is 0 Å². The van der Waals surface area contributed by atoms with Crippen LogP contribution in [0.15, 0.2) is 54.6 Å². The van der Waals surface area contributed by atoms with Crippen LogP contribution in [0.2, 0.25) is 10.0 Å². The molecule has 31 heavy (non-hydrogen) atoms. The van der Waals surface area contributed by atoms with E-state index in [1.165, 1.54) is 11.6 Å². The van der Waals surface area contributed by atoms with Crippen molar-refractivity contribution in [2.24, 2.45) is 0 Å². The van der Waals surface area contributed by atoms with Crippen LogP contribution in [0.4, 0.5) is 0 Å². The van der Waals surface area contributed by atoms with Gasteiger partial charge in [-0.05, 0) is 29.3 Å². The van der Waals surface area contributed by atoms with Gasteiger partial charge in [0.15, 0.2) is 0 Å². The molecule has 0 unspecified atom stereocenters. The highest BCUT2D eigenvalue weighted by molar-refractivity contribution is 6.35. The van der Waals surface area contributed by atoms with Crippen LogP contribution in [0.25, 0.3) is 6.08 Å². The first-order valence-electron chi connectivity index (χ1n) is 10.2. The van der Waals surface area contributed by atoms with Gasteiger partial charge in [0.25, 0.3) is 5.91 Å². The number of carbonyl (C=O) groups is 2. The Balaban J connectivity index is 1.31. The van der Waals surface area contributed by atoms with Gasteiger partial charge in [0.05, 0.1) is 0 Å². The molecule has 1 saturated heterocycles. The number of amides is 2. The molecule has 8 heteroatoms. The molecule has 3 rings (SSSR count). The van der Waals surface area contributed by atoms with Crippen LogP contribution in [-0.4, -0.2) is 54.3 Å². The first-order valence-corrected chi connectivity index (χ1v) is 11.0. The molecule has 164 valence electrons. The van der Waals surface area contributed by atoms with Crippen molar-refractivity contribution in [2.75, 3.05) is 32.7 Å². The summed E-state index contributed by atoms with van der Waals surface area (Å²) < 4.78 is 0. The summed E-state index contributed by atoms with van der Waals surface area (Å²) in [4.78, 5) is 28.6. The Kier molecular flexibility index (Phi) is 8.91. The molecule has 1 aliphatic heterocycles. The minimum Gasteiger partial charge on any atom is -0.300 e. The normalized spacial score (nSPS) is 15.2. The fourth-order valence-electron chi connectivity index (χ4n) is 3.31. The van der Waals surface area contributed by atoms with Gasteiger partial charge >= 0.3 is 0 Å². The lowest BCUT2D eigenvalue weighted by molar-refractivity contribution is -0.127. The van der Waals surface area contributed by atoms with Gasteiger partial charge in [-0.15, -0.1) is 0 Å². The largest absolute Gasteiger partial charge is 0.300 e. The third-order valence-electron chi connectivity index (χ3n) is 5.07. The van der Waals surface area contributed by atoms with Crippen molar-refractivity contribution in [3.8, 4) is 0 Å². The molecule has 0 aliphatic carbocycles. The zero-order valence-corrected chi connectivity index (χ0v) is 18.7. The van der Waals surface area contributed by atoms with Gasteiger partial charge < -0.3 is 4.90 Å². The van der Waals surface area contributed by atoms with Crippen LogP contribution < -0.4 is 10.9 Å². The Bertz CT molecular complexity index is 913. The monoisotopic (exact) mass is 460 g/mol. The van der Waals surface area contributed by atoms with E-state index in [1.54, 1.807) is 24.3 Å². The summed E-state index contributed by atoms with van der Waals surface area (Å²) in [6.45, 7) is 5.43. The molecule has 1 fully saturated rings. The van der Waals surface area contributed by atoms with E-state index in [4.69, 9.17) is 23.2 Å². The number of carbonyl (C=O) groups excluding carboxylic acids is 2. The van der Waals surface area contributed by atoms with Crippen LogP contribution in [0, 0.1) is 0 Å². The summed E-state index contributed by atoms with van der Waals surface area (Å²) in [5, 5.41) is 0.973. The third kappa shape index (κ3) is 7.99. The first-order chi connectivity index (χ1) is 15.0.